The molecule has 0 aromatic carbocycles. The predicted octanol–water partition coefficient (Wildman–Crippen LogP) is 0.767. The summed E-state index contributed by atoms with van der Waals surface area (Å²) in [5.74, 6) is 0.0413. The Morgan fingerprint density at radius 3 is 2.68 bits per heavy atom. The van der Waals surface area contributed by atoms with Gasteiger partial charge in [-0.3, -0.25) is 14.9 Å². The minimum atomic E-state index is 0.0413. The van der Waals surface area contributed by atoms with Gasteiger partial charge in [0.25, 0.3) is 5.91 Å². The van der Waals surface area contributed by atoms with Crippen molar-refractivity contribution in [2.75, 3.05) is 31.1 Å². The van der Waals surface area contributed by atoms with Crippen LogP contribution in [0.25, 0.3) is 0 Å². The number of piperazine rings is 1. The number of anilines is 1. The molecule has 1 amide bonds. The van der Waals surface area contributed by atoms with E-state index in [1.165, 1.54) is 0 Å². The maximum Gasteiger partial charge on any atom is 0.257 e. The third-order valence-electron chi connectivity index (χ3n) is 3.32. The fraction of sp³-hybridized carbons (Fsp3) is 0.308. The van der Waals surface area contributed by atoms with E-state index in [9.17, 15) is 4.79 Å². The summed E-state index contributed by atoms with van der Waals surface area (Å²) in [4.78, 5) is 20.4. The van der Waals surface area contributed by atoms with Crippen molar-refractivity contribution in [2.24, 2.45) is 0 Å². The van der Waals surface area contributed by atoms with Crippen molar-refractivity contribution in [1.82, 2.24) is 20.1 Å². The molecule has 6 heteroatoms. The van der Waals surface area contributed by atoms with E-state index in [1.807, 2.05) is 23.2 Å². The lowest BCUT2D eigenvalue weighted by atomic mass is 10.2. The van der Waals surface area contributed by atoms with Crippen LogP contribution in [0.3, 0.4) is 0 Å². The molecule has 0 bridgehead atoms. The normalized spacial score (nSPS) is 15.6. The maximum atomic E-state index is 12.1. The zero-order chi connectivity index (χ0) is 13.1. The van der Waals surface area contributed by atoms with Gasteiger partial charge in [0.05, 0.1) is 23.6 Å². The first kappa shape index (κ1) is 11.7. The van der Waals surface area contributed by atoms with E-state index in [1.54, 1.807) is 18.6 Å². The Balaban J connectivity index is 1.62. The Kier molecular flexibility index (Phi) is 3.14. The average molecular weight is 257 g/mol. The lowest BCUT2D eigenvalue weighted by Gasteiger charge is -2.35. The van der Waals surface area contributed by atoms with Crippen molar-refractivity contribution >= 4 is 11.6 Å². The molecule has 1 saturated heterocycles. The van der Waals surface area contributed by atoms with E-state index in [0.29, 0.717) is 5.56 Å². The number of carbonyl (C=O) groups excluding carboxylic acids is 1. The number of nitrogens with zero attached hydrogens (tertiary/aromatic N) is 4. The fourth-order valence-electron chi connectivity index (χ4n) is 2.26. The van der Waals surface area contributed by atoms with Gasteiger partial charge in [-0.05, 0) is 12.1 Å². The SMILES string of the molecule is O=C(c1cn[nH]c1)N1CCN(c2cccnc2)CC1. The highest BCUT2D eigenvalue weighted by atomic mass is 16.2. The van der Waals surface area contributed by atoms with Crippen molar-refractivity contribution in [3.63, 3.8) is 0 Å². The van der Waals surface area contributed by atoms with E-state index in [-0.39, 0.29) is 5.91 Å². The molecule has 1 aliphatic heterocycles. The molecule has 3 heterocycles. The van der Waals surface area contributed by atoms with E-state index in [4.69, 9.17) is 0 Å². The van der Waals surface area contributed by atoms with Crippen LogP contribution in [0.4, 0.5) is 5.69 Å². The van der Waals surface area contributed by atoms with Gasteiger partial charge >= 0.3 is 0 Å². The molecular formula is C13H15N5O. The number of hydrogen-bond donors (Lipinski definition) is 1. The summed E-state index contributed by atoms with van der Waals surface area (Å²) in [7, 11) is 0. The second-order valence-corrected chi connectivity index (χ2v) is 4.48. The first-order valence-corrected chi connectivity index (χ1v) is 6.27. The highest BCUT2D eigenvalue weighted by molar-refractivity contribution is 5.93. The Morgan fingerprint density at radius 1 is 1.21 bits per heavy atom. The van der Waals surface area contributed by atoms with E-state index in [0.717, 1.165) is 31.9 Å². The van der Waals surface area contributed by atoms with Crippen LogP contribution in [0.2, 0.25) is 0 Å². The fourth-order valence-corrected chi connectivity index (χ4v) is 2.26. The van der Waals surface area contributed by atoms with Crippen molar-refractivity contribution in [1.29, 1.82) is 0 Å². The second-order valence-electron chi connectivity index (χ2n) is 4.48. The minimum absolute atomic E-state index is 0.0413. The van der Waals surface area contributed by atoms with Gasteiger partial charge in [0, 0.05) is 38.6 Å². The highest BCUT2D eigenvalue weighted by Gasteiger charge is 2.22. The van der Waals surface area contributed by atoms with E-state index in [2.05, 4.69) is 20.1 Å². The van der Waals surface area contributed by atoms with Crippen molar-refractivity contribution in [3.8, 4) is 0 Å². The number of aromatic amines is 1. The van der Waals surface area contributed by atoms with Crippen LogP contribution in [0.1, 0.15) is 10.4 Å². The van der Waals surface area contributed by atoms with Gasteiger partial charge in [-0.25, -0.2) is 0 Å². The molecule has 19 heavy (non-hydrogen) atoms. The summed E-state index contributed by atoms with van der Waals surface area (Å²) in [6.07, 6.45) is 6.82. The molecule has 0 spiro atoms. The molecule has 1 N–H and O–H groups in total. The van der Waals surface area contributed by atoms with Crippen molar-refractivity contribution < 1.29 is 4.79 Å². The van der Waals surface area contributed by atoms with Crippen LogP contribution < -0.4 is 4.90 Å². The molecule has 1 fully saturated rings. The number of aromatic nitrogens is 3. The second kappa shape index (κ2) is 5.09. The summed E-state index contributed by atoms with van der Waals surface area (Å²) < 4.78 is 0. The number of rotatable bonds is 2. The summed E-state index contributed by atoms with van der Waals surface area (Å²) in [6.45, 7) is 3.10. The summed E-state index contributed by atoms with van der Waals surface area (Å²) in [5, 5.41) is 6.48. The number of pyridine rings is 1. The van der Waals surface area contributed by atoms with Gasteiger partial charge in [-0.15, -0.1) is 0 Å². The van der Waals surface area contributed by atoms with Crippen LogP contribution >= 0.6 is 0 Å². The average Bonchev–Trinajstić information content (AvgIpc) is 3.02. The molecule has 0 radical (unpaired) electrons. The number of H-pyrrole nitrogens is 1. The number of hydrogen-bond acceptors (Lipinski definition) is 4. The standard InChI is InChI=1S/C13H15N5O/c19-13(11-8-15-16-9-11)18-6-4-17(5-7-18)12-2-1-3-14-10-12/h1-3,8-10H,4-7H2,(H,15,16). The molecule has 0 unspecified atom stereocenters. The van der Waals surface area contributed by atoms with Crippen LogP contribution in [0, 0.1) is 0 Å². The molecule has 2 aromatic heterocycles. The Morgan fingerprint density at radius 2 is 2.05 bits per heavy atom. The van der Waals surface area contributed by atoms with Gasteiger partial charge in [0.2, 0.25) is 0 Å². The maximum absolute atomic E-state index is 12.1. The molecular weight excluding hydrogens is 242 g/mol. The van der Waals surface area contributed by atoms with Crippen molar-refractivity contribution in [3.05, 3.63) is 42.5 Å². The zero-order valence-corrected chi connectivity index (χ0v) is 10.5. The molecule has 0 aliphatic carbocycles. The van der Waals surface area contributed by atoms with Crippen molar-refractivity contribution in [2.45, 2.75) is 0 Å². The number of amides is 1. The smallest absolute Gasteiger partial charge is 0.257 e. The molecule has 98 valence electrons. The summed E-state index contributed by atoms with van der Waals surface area (Å²) in [5.41, 5.74) is 1.73. The Bertz CT molecular complexity index is 531. The van der Waals surface area contributed by atoms with Gasteiger partial charge in [0.1, 0.15) is 0 Å². The third-order valence-corrected chi connectivity index (χ3v) is 3.32. The van der Waals surface area contributed by atoms with Gasteiger partial charge in [-0.1, -0.05) is 0 Å². The zero-order valence-electron chi connectivity index (χ0n) is 10.5. The van der Waals surface area contributed by atoms with E-state index < -0.39 is 0 Å². The molecule has 6 nitrogen and oxygen atoms in total. The van der Waals surface area contributed by atoms with Crippen LogP contribution in [-0.4, -0.2) is 52.2 Å². The Hall–Kier alpha value is -2.37. The monoisotopic (exact) mass is 257 g/mol. The largest absolute Gasteiger partial charge is 0.367 e. The topological polar surface area (TPSA) is 65.1 Å². The quantitative estimate of drug-likeness (QED) is 0.863. The molecule has 3 rings (SSSR count). The summed E-state index contributed by atoms with van der Waals surface area (Å²) in [6, 6.07) is 3.97. The minimum Gasteiger partial charge on any atom is -0.367 e. The van der Waals surface area contributed by atoms with Gasteiger partial charge < -0.3 is 9.80 Å². The lowest BCUT2D eigenvalue weighted by Crippen LogP contribution is -2.48. The van der Waals surface area contributed by atoms with Crippen LogP contribution in [0.15, 0.2) is 36.9 Å². The molecule has 0 atom stereocenters. The summed E-state index contributed by atoms with van der Waals surface area (Å²) >= 11 is 0. The predicted molar refractivity (Wildman–Crippen MR) is 70.9 cm³/mol. The van der Waals surface area contributed by atoms with Gasteiger partial charge in [0.15, 0.2) is 0 Å². The first-order valence-electron chi connectivity index (χ1n) is 6.27. The van der Waals surface area contributed by atoms with Gasteiger partial charge in [-0.2, -0.15) is 5.10 Å². The number of carbonyl (C=O) groups is 1. The molecule has 0 saturated carbocycles. The van der Waals surface area contributed by atoms with E-state index >= 15 is 0 Å². The first-order chi connectivity index (χ1) is 9.34. The molecule has 2 aromatic rings. The molecule has 1 aliphatic rings. The highest BCUT2D eigenvalue weighted by Crippen LogP contribution is 2.15. The third kappa shape index (κ3) is 2.42. The van der Waals surface area contributed by atoms with Crippen LogP contribution in [0.5, 0.6) is 0 Å². The lowest BCUT2D eigenvalue weighted by molar-refractivity contribution is 0.0747. The van der Waals surface area contributed by atoms with Crippen LogP contribution in [-0.2, 0) is 0 Å². The Labute approximate surface area is 111 Å². The number of nitrogens with one attached hydrogen (secondary N) is 1.